The van der Waals surface area contributed by atoms with Gasteiger partial charge >= 0.3 is 5.97 Å². The number of hydrogen-bond donors (Lipinski definition) is 2. The highest BCUT2D eigenvalue weighted by atomic mass is 16.5. The van der Waals surface area contributed by atoms with Gasteiger partial charge in [0, 0.05) is 12.5 Å². The molecule has 0 rings (SSSR count). The molecule has 0 aromatic carbocycles. The van der Waals surface area contributed by atoms with E-state index in [0.717, 1.165) is 6.08 Å². The van der Waals surface area contributed by atoms with E-state index in [1.165, 1.54) is 0 Å². The number of rotatable bonds is 5. The lowest BCUT2D eigenvalue weighted by molar-refractivity contribution is -0.138. The zero-order chi connectivity index (χ0) is 8.69. The van der Waals surface area contributed by atoms with Crippen molar-refractivity contribution >= 4 is 5.97 Å². The Balaban J connectivity index is 3.14. The van der Waals surface area contributed by atoms with Gasteiger partial charge in [-0.15, -0.1) is 0 Å². The van der Waals surface area contributed by atoms with E-state index in [1.807, 2.05) is 0 Å². The molecular formula is C7H12O4. The minimum Gasteiger partial charge on any atom is -0.463 e. The Bertz CT molecular complexity index is 130. The van der Waals surface area contributed by atoms with Gasteiger partial charge in [0.25, 0.3) is 0 Å². The van der Waals surface area contributed by atoms with Gasteiger partial charge in [-0.3, -0.25) is 0 Å². The molecule has 0 aliphatic heterocycles. The first-order valence-corrected chi connectivity index (χ1v) is 3.32. The number of aliphatic hydroxyl groups is 2. The van der Waals surface area contributed by atoms with Crippen LogP contribution in [-0.4, -0.2) is 29.1 Å². The Morgan fingerprint density at radius 2 is 2.27 bits per heavy atom. The largest absolute Gasteiger partial charge is 0.463 e. The van der Waals surface area contributed by atoms with Crippen molar-refractivity contribution in [2.75, 3.05) is 6.61 Å². The first-order chi connectivity index (χ1) is 5.16. The minimum atomic E-state index is -1.32. The molecule has 4 nitrogen and oxygen atoms in total. The summed E-state index contributed by atoms with van der Waals surface area (Å²) in [6.45, 7) is 3.40. The van der Waals surface area contributed by atoms with E-state index in [9.17, 15) is 4.79 Å². The average Bonchev–Trinajstić information content (AvgIpc) is 1.97. The van der Waals surface area contributed by atoms with E-state index >= 15 is 0 Å². The third-order valence-corrected chi connectivity index (χ3v) is 1.02. The van der Waals surface area contributed by atoms with Gasteiger partial charge in [-0.05, 0) is 6.42 Å². The molecule has 0 amide bonds. The van der Waals surface area contributed by atoms with Gasteiger partial charge in [-0.1, -0.05) is 6.58 Å². The van der Waals surface area contributed by atoms with Crippen molar-refractivity contribution < 1.29 is 19.7 Å². The first kappa shape index (κ1) is 10.1. The van der Waals surface area contributed by atoms with Crippen LogP contribution >= 0.6 is 0 Å². The van der Waals surface area contributed by atoms with Crippen LogP contribution in [0.2, 0.25) is 0 Å². The molecule has 0 aromatic rings. The van der Waals surface area contributed by atoms with Gasteiger partial charge in [-0.2, -0.15) is 0 Å². The molecule has 0 aromatic heterocycles. The maximum absolute atomic E-state index is 10.4. The summed E-state index contributed by atoms with van der Waals surface area (Å²) in [7, 11) is 0. The molecule has 0 bridgehead atoms. The predicted molar refractivity (Wildman–Crippen MR) is 38.6 cm³/mol. The monoisotopic (exact) mass is 160 g/mol. The summed E-state index contributed by atoms with van der Waals surface area (Å²) in [5.41, 5.74) is 0. The van der Waals surface area contributed by atoms with Crippen molar-refractivity contribution in [3.63, 3.8) is 0 Å². The highest BCUT2D eigenvalue weighted by Crippen LogP contribution is 1.93. The molecule has 0 aliphatic carbocycles. The second-order valence-corrected chi connectivity index (χ2v) is 1.99. The van der Waals surface area contributed by atoms with Gasteiger partial charge < -0.3 is 14.9 Å². The lowest BCUT2D eigenvalue weighted by Crippen LogP contribution is -2.07. The van der Waals surface area contributed by atoms with E-state index in [4.69, 9.17) is 10.2 Å². The van der Waals surface area contributed by atoms with Gasteiger partial charge in [0.1, 0.15) is 0 Å². The molecule has 0 saturated heterocycles. The average molecular weight is 160 g/mol. The Morgan fingerprint density at radius 1 is 1.64 bits per heavy atom. The molecule has 0 atom stereocenters. The zero-order valence-corrected chi connectivity index (χ0v) is 6.19. The summed E-state index contributed by atoms with van der Waals surface area (Å²) in [5, 5.41) is 16.7. The first-order valence-electron chi connectivity index (χ1n) is 3.32. The topological polar surface area (TPSA) is 66.8 Å². The molecule has 0 saturated carbocycles. The fraction of sp³-hybridized carbons (Fsp3) is 0.571. The van der Waals surface area contributed by atoms with Crippen LogP contribution in [0.3, 0.4) is 0 Å². The Kier molecular flexibility index (Phi) is 5.42. The van der Waals surface area contributed by atoms with Crippen LogP contribution in [-0.2, 0) is 9.53 Å². The van der Waals surface area contributed by atoms with Crippen molar-refractivity contribution in [2.24, 2.45) is 0 Å². The summed E-state index contributed by atoms with van der Waals surface area (Å²) >= 11 is 0. The Hall–Kier alpha value is -0.870. The second kappa shape index (κ2) is 5.88. The number of ether oxygens (including phenoxy) is 1. The fourth-order valence-electron chi connectivity index (χ4n) is 0.498. The van der Waals surface area contributed by atoms with Gasteiger partial charge in [-0.25, -0.2) is 4.79 Å². The maximum atomic E-state index is 10.4. The van der Waals surface area contributed by atoms with Crippen molar-refractivity contribution in [1.82, 2.24) is 0 Å². The van der Waals surface area contributed by atoms with Crippen molar-refractivity contribution in [3.8, 4) is 0 Å². The Labute approximate surface area is 65.1 Å². The lowest BCUT2D eigenvalue weighted by atomic mass is 10.3. The van der Waals surface area contributed by atoms with Crippen molar-refractivity contribution in [2.45, 2.75) is 19.1 Å². The van der Waals surface area contributed by atoms with E-state index in [0.29, 0.717) is 6.42 Å². The summed E-state index contributed by atoms with van der Waals surface area (Å²) in [6.07, 6.45) is 0.397. The molecule has 0 spiro atoms. The van der Waals surface area contributed by atoms with Gasteiger partial charge in [0.2, 0.25) is 0 Å². The van der Waals surface area contributed by atoms with Gasteiger partial charge in [0.05, 0.1) is 6.61 Å². The predicted octanol–water partition coefficient (Wildman–Crippen LogP) is -0.194. The van der Waals surface area contributed by atoms with E-state index in [1.54, 1.807) is 0 Å². The molecule has 64 valence electrons. The molecular weight excluding hydrogens is 148 g/mol. The fourth-order valence-corrected chi connectivity index (χ4v) is 0.498. The molecule has 11 heavy (non-hydrogen) atoms. The van der Waals surface area contributed by atoms with E-state index < -0.39 is 12.3 Å². The van der Waals surface area contributed by atoms with Crippen LogP contribution in [0.15, 0.2) is 12.7 Å². The normalized spacial score (nSPS) is 9.73. The summed E-state index contributed by atoms with van der Waals surface area (Å²) in [6, 6.07) is 0. The number of carbonyl (C=O) groups is 1. The third-order valence-electron chi connectivity index (χ3n) is 1.02. The Morgan fingerprint density at radius 3 is 2.73 bits per heavy atom. The van der Waals surface area contributed by atoms with Crippen LogP contribution in [0.5, 0.6) is 0 Å². The molecule has 0 unspecified atom stereocenters. The highest BCUT2D eigenvalue weighted by Gasteiger charge is 1.98. The quantitative estimate of drug-likeness (QED) is 0.253. The molecule has 2 N–H and O–H groups in total. The van der Waals surface area contributed by atoms with Crippen LogP contribution in [0, 0.1) is 0 Å². The molecule has 0 fully saturated rings. The van der Waals surface area contributed by atoms with Crippen LogP contribution in [0.1, 0.15) is 12.8 Å². The van der Waals surface area contributed by atoms with Crippen LogP contribution < -0.4 is 0 Å². The number of carbonyl (C=O) groups excluding carboxylic acids is 1. The highest BCUT2D eigenvalue weighted by molar-refractivity contribution is 5.81. The number of hydrogen-bond acceptors (Lipinski definition) is 4. The van der Waals surface area contributed by atoms with Crippen molar-refractivity contribution in [3.05, 3.63) is 12.7 Å². The molecule has 0 heterocycles. The number of aliphatic hydroxyl groups excluding tert-OH is 1. The maximum Gasteiger partial charge on any atom is 0.330 e. The standard InChI is InChI=1S/C7H12O4/c1-2-7(10)11-5-3-4-6(8)9/h2,6,8-9H,1,3-5H2. The second-order valence-electron chi connectivity index (χ2n) is 1.99. The van der Waals surface area contributed by atoms with E-state index in [-0.39, 0.29) is 13.0 Å². The third kappa shape index (κ3) is 7.02. The lowest BCUT2D eigenvalue weighted by Gasteiger charge is -2.02. The smallest absolute Gasteiger partial charge is 0.330 e. The molecule has 4 heteroatoms. The zero-order valence-electron chi connectivity index (χ0n) is 6.19. The van der Waals surface area contributed by atoms with Gasteiger partial charge in [0.15, 0.2) is 6.29 Å². The molecule has 0 aliphatic rings. The minimum absolute atomic E-state index is 0.197. The summed E-state index contributed by atoms with van der Waals surface area (Å²) < 4.78 is 4.56. The summed E-state index contributed by atoms with van der Waals surface area (Å²) in [5.74, 6) is -0.488. The SMILES string of the molecule is C=CC(=O)OCCCC(O)O. The van der Waals surface area contributed by atoms with Crippen molar-refractivity contribution in [1.29, 1.82) is 0 Å². The summed E-state index contributed by atoms with van der Waals surface area (Å²) in [4.78, 5) is 10.4. The van der Waals surface area contributed by atoms with E-state index in [2.05, 4.69) is 11.3 Å². The van der Waals surface area contributed by atoms with Crippen LogP contribution in [0.25, 0.3) is 0 Å². The molecule has 0 radical (unpaired) electrons. The number of esters is 1. The van der Waals surface area contributed by atoms with Crippen LogP contribution in [0.4, 0.5) is 0 Å².